The van der Waals surface area contributed by atoms with Crippen LogP contribution in [0, 0.1) is 5.92 Å². The second-order valence-corrected chi connectivity index (χ2v) is 12.0. The van der Waals surface area contributed by atoms with Gasteiger partial charge in [0.2, 0.25) is 0 Å². The highest BCUT2D eigenvalue weighted by Crippen LogP contribution is 2.40. The molecule has 0 amide bonds. The van der Waals surface area contributed by atoms with E-state index in [1.807, 2.05) is 12.1 Å². The Morgan fingerprint density at radius 2 is 1.93 bits per heavy atom. The number of benzene rings is 1. The van der Waals surface area contributed by atoms with Gasteiger partial charge in [0.15, 0.2) is 11.8 Å². The van der Waals surface area contributed by atoms with Crippen molar-refractivity contribution in [3.8, 4) is 17.3 Å². The van der Waals surface area contributed by atoms with Crippen molar-refractivity contribution in [3.05, 3.63) is 47.0 Å². The molecule has 0 radical (unpaired) electrons. The van der Waals surface area contributed by atoms with E-state index in [4.69, 9.17) is 30.8 Å². The number of alkyl halides is 2. The fraction of sp³-hybridized carbons (Fsp3) is 0.531. The smallest absolute Gasteiger partial charge is 0.311 e. The summed E-state index contributed by atoms with van der Waals surface area (Å²) in [5.41, 5.74) is 4.74. The molecule has 3 aromatic rings. The van der Waals surface area contributed by atoms with Gasteiger partial charge in [-0.15, -0.1) is 0 Å². The van der Waals surface area contributed by atoms with Gasteiger partial charge in [0.05, 0.1) is 17.3 Å². The molecular formula is C32H36ClF2N3O4. The van der Waals surface area contributed by atoms with E-state index in [2.05, 4.69) is 23.2 Å². The van der Waals surface area contributed by atoms with Crippen molar-refractivity contribution in [3.63, 3.8) is 0 Å². The van der Waals surface area contributed by atoms with Gasteiger partial charge in [-0.25, -0.2) is 4.98 Å². The Kier molecular flexibility index (Phi) is 8.35. The number of Topliss-reactive ketones (excluding diaryl/α,β-unsaturated/α-hetero) is 1. The summed E-state index contributed by atoms with van der Waals surface area (Å²) in [7, 11) is 0. The van der Waals surface area contributed by atoms with Crippen molar-refractivity contribution >= 4 is 34.1 Å². The van der Waals surface area contributed by atoms with E-state index in [9.17, 15) is 4.79 Å². The quantitative estimate of drug-likeness (QED) is 0.263. The van der Waals surface area contributed by atoms with Crippen molar-refractivity contribution in [2.24, 2.45) is 5.92 Å². The number of ketones is 1. The van der Waals surface area contributed by atoms with Crippen LogP contribution in [-0.4, -0.2) is 51.7 Å². The number of carbonyl (C=O) groups is 1. The summed E-state index contributed by atoms with van der Waals surface area (Å²) in [4.78, 5) is 21.0. The predicted octanol–water partition coefficient (Wildman–Crippen LogP) is 7.80. The lowest BCUT2D eigenvalue weighted by Crippen LogP contribution is -2.42. The molecular weight excluding hydrogens is 564 g/mol. The van der Waals surface area contributed by atoms with Crippen LogP contribution in [0.25, 0.3) is 28.0 Å². The highest BCUT2D eigenvalue weighted by atomic mass is 35.5. The predicted molar refractivity (Wildman–Crippen MR) is 157 cm³/mol. The van der Waals surface area contributed by atoms with E-state index in [0.29, 0.717) is 47.2 Å². The van der Waals surface area contributed by atoms with Crippen molar-refractivity contribution in [1.29, 1.82) is 0 Å². The zero-order valence-electron chi connectivity index (χ0n) is 24.0. The number of hydrogen-bond donors (Lipinski definition) is 0. The molecule has 2 unspecified atom stereocenters. The van der Waals surface area contributed by atoms with Crippen molar-refractivity contribution < 1.29 is 27.8 Å². The molecule has 10 heteroatoms. The van der Waals surface area contributed by atoms with Crippen LogP contribution in [0.3, 0.4) is 0 Å². The zero-order valence-corrected chi connectivity index (χ0v) is 24.7. The maximum Gasteiger partial charge on any atom is 0.311 e. The first-order chi connectivity index (χ1) is 20.2. The molecule has 2 aliphatic heterocycles. The molecule has 7 nitrogen and oxygen atoms in total. The van der Waals surface area contributed by atoms with Gasteiger partial charge in [-0.2, -0.15) is 13.8 Å². The molecule has 0 saturated carbocycles. The Morgan fingerprint density at radius 3 is 2.57 bits per heavy atom. The molecule has 3 aliphatic rings. The van der Waals surface area contributed by atoms with Crippen molar-refractivity contribution in [2.45, 2.75) is 89.6 Å². The van der Waals surface area contributed by atoms with Gasteiger partial charge in [0.1, 0.15) is 23.6 Å². The molecule has 4 heterocycles. The number of allylic oxidation sites excluding steroid dienone is 2. The average Bonchev–Trinajstić information content (AvgIpc) is 3.48. The lowest BCUT2D eigenvalue weighted by Gasteiger charge is -2.27. The van der Waals surface area contributed by atoms with E-state index < -0.39 is 24.4 Å². The Hall–Kier alpha value is -2.88. The first-order valence-electron chi connectivity index (χ1n) is 14.9. The third kappa shape index (κ3) is 5.71. The number of hydrogen-bond acceptors (Lipinski definition) is 6. The molecule has 1 aliphatic carbocycles. The van der Waals surface area contributed by atoms with Crippen molar-refractivity contribution in [2.75, 3.05) is 13.2 Å². The van der Waals surface area contributed by atoms with E-state index >= 15 is 8.78 Å². The molecule has 2 aromatic heterocycles. The first-order valence-corrected chi connectivity index (χ1v) is 15.3. The Morgan fingerprint density at radius 1 is 1.14 bits per heavy atom. The van der Waals surface area contributed by atoms with Gasteiger partial charge in [0.25, 0.3) is 0 Å². The minimum absolute atomic E-state index is 0.0327. The second-order valence-electron chi connectivity index (χ2n) is 11.6. The molecule has 0 spiro atoms. The van der Waals surface area contributed by atoms with Crippen LogP contribution in [0.15, 0.2) is 36.4 Å². The molecule has 0 N–H and O–H groups in total. The minimum atomic E-state index is -3.15. The molecule has 0 bridgehead atoms. The second kappa shape index (κ2) is 12.0. The molecule has 4 atom stereocenters. The number of ether oxygens (including phenoxy) is 3. The fourth-order valence-corrected chi connectivity index (χ4v) is 6.55. The van der Waals surface area contributed by atoms with Gasteiger partial charge in [-0.05, 0) is 75.0 Å². The molecule has 2 fully saturated rings. The number of imidazole rings is 1. The van der Waals surface area contributed by atoms with E-state index in [1.165, 1.54) is 5.57 Å². The third-order valence-electron chi connectivity index (χ3n) is 8.58. The van der Waals surface area contributed by atoms with E-state index in [0.717, 1.165) is 43.2 Å². The zero-order chi connectivity index (χ0) is 29.4. The molecule has 6 rings (SSSR count). The lowest BCUT2D eigenvalue weighted by atomic mass is 9.84. The fourth-order valence-electron chi connectivity index (χ4n) is 6.30. The SMILES string of the molecule is CC[C@H]1OC[C@@H](Oc2nc3cc(Cl)c(-c4ccc(C5=CCC(CC(C)=O)CC5)cc4)nc3n2C2CCCCO2)C1(F)F. The summed E-state index contributed by atoms with van der Waals surface area (Å²) in [6.45, 7) is 3.66. The first kappa shape index (κ1) is 29.2. The Balaban J connectivity index is 1.32. The minimum Gasteiger partial charge on any atom is -0.452 e. The van der Waals surface area contributed by atoms with Gasteiger partial charge < -0.3 is 19.0 Å². The van der Waals surface area contributed by atoms with Crippen LogP contribution in [0.2, 0.25) is 5.02 Å². The van der Waals surface area contributed by atoms with Gasteiger partial charge in [-0.1, -0.05) is 48.9 Å². The van der Waals surface area contributed by atoms with Gasteiger partial charge >= 0.3 is 11.9 Å². The topological polar surface area (TPSA) is 75.5 Å². The number of aromatic nitrogens is 3. The maximum absolute atomic E-state index is 15.0. The lowest BCUT2D eigenvalue weighted by molar-refractivity contribution is -0.117. The van der Waals surface area contributed by atoms with E-state index in [1.54, 1.807) is 24.5 Å². The number of rotatable bonds is 8. The highest BCUT2D eigenvalue weighted by Gasteiger charge is 2.55. The van der Waals surface area contributed by atoms with Gasteiger partial charge in [0, 0.05) is 18.6 Å². The standard InChI is InChI=1S/C32H36ClF2N3O4/c1-3-26-32(34,35)27(18-41-26)42-31-36-25-17-24(33)29(37-30(25)38(31)28-6-4-5-15-40-28)23-13-11-22(12-14-23)21-9-7-20(8-10-21)16-19(2)39/h9,11-14,17,20,26-28H,3-8,10,15-16,18H2,1-2H3/t20?,26-,27-,28?/m1/s1. The Bertz CT molecular complexity index is 1480. The van der Waals surface area contributed by atoms with Crippen LogP contribution >= 0.6 is 11.6 Å². The number of nitrogens with zero attached hydrogens (tertiary/aromatic N) is 3. The molecule has 1 aromatic carbocycles. The summed E-state index contributed by atoms with van der Waals surface area (Å²) in [5.74, 6) is -2.48. The molecule has 224 valence electrons. The maximum atomic E-state index is 15.0. The number of carbonyl (C=O) groups excluding carboxylic acids is 1. The monoisotopic (exact) mass is 599 g/mol. The number of pyridine rings is 1. The normalized spacial score (nSPS) is 25.9. The summed E-state index contributed by atoms with van der Waals surface area (Å²) < 4.78 is 49.0. The largest absolute Gasteiger partial charge is 0.452 e. The summed E-state index contributed by atoms with van der Waals surface area (Å²) in [5, 5.41) is 0.403. The highest BCUT2D eigenvalue weighted by molar-refractivity contribution is 6.33. The molecule has 2 saturated heterocycles. The van der Waals surface area contributed by atoms with Crippen LogP contribution < -0.4 is 4.74 Å². The van der Waals surface area contributed by atoms with E-state index in [-0.39, 0.29) is 24.8 Å². The van der Waals surface area contributed by atoms with Crippen LogP contribution in [-0.2, 0) is 14.3 Å². The number of halogens is 3. The summed E-state index contributed by atoms with van der Waals surface area (Å²) in [6, 6.07) is 9.86. The van der Waals surface area contributed by atoms with Gasteiger partial charge in [-0.3, -0.25) is 4.57 Å². The third-order valence-corrected chi connectivity index (χ3v) is 8.87. The summed E-state index contributed by atoms with van der Waals surface area (Å²) in [6.07, 6.45) is 5.38. The molecule has 42 heavy (non-hydrogen) atoms. The number of fused-ring (bicyclic) bond motifs is 1. The van der Waals surface area contributed by atoms with Crippen LogP contribution in [0.5, 0.6) is 6.01 Å². The Labute approximate surface area is 249 Å². The summed E-state index contributed by atoms with van der Waals surface area (Å²) >= 11 is 6.72. The van der Waals surface area contributed by atoms with Crippen LogP contribution in [0.4, 0.5) is 8.78 Å². The average molecular weight is 600 g/mol. The van der Waals surface area contributed by atoms with Crippen molar-refractivity contribution in [1.82, 2.24) is 14.5 Å². The van der Waals surface area contributed by atoms with Crippen LogP contribution in [0.1, 0.15) is 77.0 Å².